The van der Waals surface area contributed by atoms with Gasteiger partial charge in [-0.2, -0.15) is 0 Å². The summed E-state index contributed by atoms with van der Waals surface area (Å²) in [5.74, 6) is -0.899. The molecule has 316 valence electrons. The lowest BCUT2D eigenvalue weighted by molar-refractivity contribution is -0.757. The molecule has 0 fully saturated rings. The van der Waals surface area contributed by atoms with E-state index in [4.69, 9.17) is 21.9 Å². The van der Waals surface area contributed by atoms with Gasteiger partial charge in [0.25, 0.3) is 11.0 Å². The fraction of sp³-hybridized carbons (Fsp3) is 0.234. The summed E-state index contributed by atoms with van der Waals surface area (Å²) in [6.45, 7) is 2.02. The van der Waals surface area contributed by atoms with E-state index in [1.807, 2.05) is 108 Å². The number of aromatic nitrogens is 6. The predicted molar refractivity (Wildman–Crippen MR) is 234 cm³/mol. The molecule has 2 heterocycles. The van der Waals surface area contributed by atoms with Crippen molar-refractivity contribution in [2.45, 2.75) is 63.6 Å². The van der Waals surface area contributed by atoms with E-state index in [9.17, 15) is 24.8 Å². The Kier molecular flexibility index (Phi) is 13.8. The van der Waals surface area contributed by atoms with Crippen LogP contribution in [0.2, 0.25) is 5.15 Å². The number of hydrogen-bond donors (Lipinski definition) is 2. The molecule has 62 heavy (non-hydrogen) atoms. The van der Waals surface area contributed by atoms with Crippen LogP contribution in [0.3, 0.4) is 0 Å². The second kappa shape index (κ2) is 19.9. The van der Waals surface area contributed by atoms with Gasteiger partial charge in [-0.1, -0.05) is 158 Å². The molecule has 7 rings (SSSR count). The molecule has 7 aromatic rings. The van der Waals surface area contributed by atoms with E-state index in [0.29, 0.717) is 18.1 Å². The molecule has 0 aliphatic carbocycles. The summed E-state index contributed by atoms with van der Waals surface area (Å²) in [7, 11) is 0. The smallest absolute Gasteiger partial charge is 0.326 e. The highest BCUT2D eigenvalue weighted by Gasteiger charge is 2.42. The maximum Gasteiger partial charge on any atom is 0.326 e. The van der Waals surface area contributed by atoms with Crippen LogP contribution in [0, 0.1) is 10.1 Å². The number of imidazole rings is 1. The first-order valence-corrected chi connectivity index (χ1v) is 20.8. The molecule has 0 aliphatic rings. The molecule has 14 nitrogen and oxygen atoms in total. The molecule has 0 spiro atoms. The van der Waals surface area contributed by atoms with Crippen molar-refractivity contribution in [2.75, 3.05) is 6.61 Å². The number of carbonyl (C=O) groups excluding carboxylic acids is 1. The van der Waals surface area contributed by atoms with Crippen LogP contribution in [0.5, 0.6) is 0 Å². The van der Waals surface area contributed by atoms with Crippen molar-refractivity contribution in [1.29, 1.82) is 0 Å². The van der Waals surface area contributed by atoms with Crippen LogP contribution >= 0.6 is 11.6 Å². The van der Waals surface area contributed by atoms with Crippen molar-refractivity contribution in [3.8, 4) is 22.5 Å². The molecule has 1 atom stereocenters. The van der Waals surface area contributed by atoms with Gasteiger partial charge in [-0.05, 0) is 75.6 Å². The van der Waals surface area contributed by atoms with Crippen LogP contribution in [-0.4, -0.2) is 64.5 Å². The molecule has 1 amide bonds. The molecule has 0 radical (unpaired) electrons. The number of carboxylic acids is 1. The maximum atomic E-state index is 14.0. The number of rotatable bonds is 20. The minimum atomic E-state index is -1.29. The quantitative estimate of drug-likeness (QED) is 0.0326. The van der Waals surface area contributed by atoms with Crippen molar-refractivity contribution < 1.29 is 24.6 Å². The molecule has 2 aromatic heterocycles. The molecule has 0 bridgehead atoms. The Labute approximate surface area is 363 Å². The summed E-state index contributed by atoms with van der Waals surface area (Å²) >= 11 is 6.74. The van der Waals surface area contributed by atoms with Crippen LogP contribution in [0.1, 0.15) is 77.6 Å². The van der Waals surface area contributed by atoms with Crippen LogP contribution in [0.4, 0.5) is 0 Å². The van der Waals surface area contributed by atoms with E-state index in [2.05, 4.69) is 63.7 Å². The van der Waals surface area contributed by atoms with Crippen molar-refractivity contribution in [3.05, 3.63) is 189 Å². The Hall–Kier alpha value is -7.19. The maximum absolute atomic E-state index is 14.0. The van der Waals surface area contributed by atoms with Gasteiger partial charge in [-0.15, -0.1) is 15.2 Å². The van der Waals surface area contributed by atoms with Crippen LogP contribution < -0.4 is 5.32 Å². The van der Waals surface area contributed by atoms with Gasteiger partial charge in [-0.25, -0.2) is 14.5 Å². The van der Waals surface area contributed by atoms with Gasteiger partial charge in [0.1, 0.15) is 23.1 Å². The summed E-state index contributed by atoms with van der Waals surface area (Å²) in [4.78, 5) is 45.8. The van der Waals surface area contributed by atoms with Crippen molar-refractivity contribution >= 4 is 23.5 Å². The molecule has 0 saturated heterocycles. The van der Waals surface area contributed by atoms with Crippen molar-refractivity contribution in [2.24, 2.45) is 0 Å². The standard InChI is InChI=1S/C47H45ClN8O6/c1-2-3-27-41-50-43(48)42(45(57)49-40(46(58)59)26-16-17-30-62-56(60)61)54(41)32-33-28-29-38(34-18-8-4-9-19-34)39(31-33)44-51-52-53-55(44)47(35-20-10-5-11-21-35,36-22-12-6-13-23-36)37-24-14-7-15-25-37/h4-15,18-25,28-29,31,40H,2-3,16-17,26-27,30,32H2,1H3,(H,49,57)(H,58,59). The number of tetrazole rings is 1. The van der Waals surface area contributed by atoms with Crippen molar-refractivity contribution in [3.63, 3.8) is 0 Å². The fourth-order valence-electron chi connectivity index (χ4n) is 7.87. The summed E-state index contributed by atoms with van der Waals surface area (Å²) in [6.07, 6.45) is 2.66. The Morgan fingerprint density at radius 2 is 1.44 bits per heavy atom. The highest BCUT2D eigenvalue weighted by Crippen LogP contribution is 2.43. The third-order valence-electron chi connectivity index (χ3n) is 10.8. The van der Waals surface area contributed by atoms with Crippen LogP contribution in [0.15, 0.2) is 140 Å². The Morgan fingerprint density at radius 1 is 0.839 bits per heavy atom. The van der Waals surface area contributed by atoms with E-state index in [1.165, 1.54) is 0 Å². The number of benzene rings is 5. The molecule has 0 saturated carbocycles. The zero-order valence-electron chi connectivity index (χ0n) is 34.0. The van der Waals surface area contributed by atoms with Gasteiger partial charge in [-0.3, -0.25) is 4.79 Å². The third kappa shape index (κ3) is 9.25. The first-order valence-electron chi connectivity index (χ1n) is 20.4. The van der Waals surface area contributed by atoms with E-state index >= 15 is 0 Å². The zero-order chi connectivity index (χ0) is 43.5. The van der Waals surface area contributed by atoms with Crippen molar-refractivity contribution in [1.82, 2.24) is 35.1 Å². The second-order valence-electron chi connectivity index (χ2n) is 14.7. The predicted octanol–water partition coefficient (Wildman–Crippen LogP) is 8.65. The lowest BCUT2D eigenvalue weighted by Gasteiger charge is -2.36. The number of amides is 1. The third-order valence-corrected chi connectivity index (χ3v) is 11.0. The summed E-state index contributed by atoms with van der Waals surface area (Å²) < 4.78 is 3.62. The van der Waals surface area contributed by atoms with E-state index < -0.39 is 28.5 Å². The van der Waals surface area contributed by atoms with Gasteiger partial charge in [0, 0.05) is 18.5 Å². The average molecular weight is 853 g/mol. The zero-order valence-corrected chi connectivity index (χ0v) is 34.8. The lowest BCUT2D eigenvalue weighted by atomic mass is 9.77. The molecule has 5 aromatic carbocycles. The SMILES string of the molecule is CCCCc1nc(Cl)c(C(=O)NC(CCCCO[N+](=O)[O-])C(=O)O)n1Cc1ccc(-c2ccccc2)c(-c2nnnn2C(c2ccccc2)(c2ccccc2)c2ccccc2)c1. The molecular formula is C47H45ClN8O6. The highest BCUT2D eigenvalue weighted by molar-refractivity contribution is 6.32. The number of aryl methyl sites for hydroxylation is 1. The van der Waals surface area contributed by atoms with Gasteiger partial charge in [0.05, 0.1) is 6.61 Å². The van der Waals surface area contributed by atoms with Crippen LogP contribution in [0.25, 0.3) is 22.5 Å². The van der Waals surface area contributed by atoms with Gasteiger partial charge >= 0.3 is 5.97 Å². The summed E-state index contributed by atoms with van der Waals surface area (Å²) in [5.41, 5.74) is 5.14. The molecule has 0 aliphatic heterocycles. The molecule has 1 unspecified atom stereocenters. The number of unbranched alkanes of at least 4 members (excludes halogenated alkanes) is 2. The number of hydrogen-bond acceptors (Lipinski definition) is 9. The highest BCUT2D eigenvalue weighted by atomic mass is 35.5. The first kappa shape index (κ1) is 42.9. The number of aliphatic carboxylic acids is 1. The summed E-state index contributed by atoms with van der Waals surface area (Å²) in [6, 6.07) is 45.1. The molecule has 15 heteroatoms. The lowest BCUT2D eigenvalue weighted by Crippen LogP contribution is -2.41. The topological polar surface area (TPSA) is 180 Å². The van der Waals surface area contributed by atoms with E-state index in [-0.39, 0.29) is 43.3 Å². The minimum absolute atomic E-state index is 0.0199. The number of carbonyl (C=O) groups is 2. The fourth-order valence-corrected chi connectivity index (χ4v) is 8.15. The monoisotopic (exact) mass is 852 g/mol. The Bertz CT molecular complexity index is 2510. The second-order valence-corrected chi connectivity index (χ2v) is 15.1. The average Bonchev–Trinajstić information content (AvgIpc) is 3.90. The number of carboxylic acid groups (broad SMARTS) is 1. The minimum Gasteiger partial charge on any atom is -0.480 e. The normalized spacial score (nSPS) is 11.8. The molecular weight excluding hydrogens is 808 g/mol. The number of nitrogens with one attached hydrogen (secondary N) is 1. The number of halogens is 1. The van der Waals surface area contributed by atoms with Gasteiger partial charge in [0.2, 0.25) is 0 Å². The first-order chi connectivity index (χ1) is 30.2. The largest absolute Gasteiger partial charge is 0.480 e. The molecule has 2 N–H and O–H groups in total. The van der Waals surface area contributed by atoms with E-state index in [0.717, 1.165) is 51.8 Å². The Balaban J connectivity index is 1.36. The Morgan fingerprint density at radius 3 is 2.00 bits per heavy atom. The summed E-state index contributed by atoms with van der Waals surface area (Å²) in [5, 5.41) is 36.1. The van der Waals surface area contributed by atoms with Gasteiger partial charge in [0.15, 0.2) is 11.0 Å². The number of nitrogens with zero attached hydrogens (tertiary/aromatic N) is 7. The van der Waals surface area contributed by atoms with E-state index in [1.54, 1.807) is 4.57 Å². The van der Waals surface area contributed by atoms with Crippen LogP contribution in [-0.2, 0) is 28.1 Å². The van der Waals surface area contributed by atoms with Gasteiger partial charge < -0.3 is 19.8 Å².